The van der Waals surface area contributed by atoms with Crippen LogP contribution in [0.15, 0.2) is 83.8 Å². The van der Waals surface area contributed by atoms with Crippen LogP contribution in [0.5, 0.6) is 5.75 Å². The average molecular weight is 556 g/mol. The van der Waals surface area contributed by atoms with Crippen molar-refractivity contribution in [2.45, 2.75) is 38.3 Å². The Morgan fingerprint density at radius 3 is 2.23 bits per heavy atom. The molecule has 0 saturated heterocycles. The fraction of sp³-hybridized carbons (Fsp3) is 0.310. The molecule has 0 aliphatic rings. The quantitative estimate of drug-likeness (QED) is 0.361. The third-order valence-electron chi connectivity index (χ3n) is 6.07. The van der Waals surface area contributed by atoms with E-state index < -0.39 is 34.3 Å². The van der Waals surface area contributed by atoms with Crippen LogP contribution in [0.4, 0.5) is 10.1 Å². The Balaban J connectivity index is 2.01. The molecule has 3 aromatic rings. The van der Waals surface area contributed by atoms with Crippen LogP contribution in [0, 0.1) is 11.7 Å². The summed E-state index contributed by atoms with van der Waals surface area (Å²) in [6.07, 6.45) is 0. The number of carbonyl (C=O) groups is 2. The van der Waals surface area contributed by atoms with Crippen molar-refractivity contribution in [3.8, 4) is 5.75 Å². The largest absolute Gasteiger partial charge is 0.497 e. The van der Waals surface area contributed by atoms with Crippen LogP contribution in [0.2, 0.25) is 0 Å². The Bertz CT molecular complexity index is 1370. The summed E-state index contributed by atoms with van der Waals surface area (Å²) < 4.78 is 47.3. The van der Waals surface area contributed by atoms with E-state index >= 15 is 0 Å². The van der Waals surface area contributed by atoms with Gasteiger partial charge in [0, 0.05) is 19.2 Å². The van der Waals surface area contributed by atoms with Crippen LogP contribution < -0.4 is 14.4 Å². The number of benzene rings is 3. The Morgan fingerprint density at radius 1 is 0.949 bits per heavy atom. The van der Waals surface area contributed by atoms with Crippen LogP contribution in [0.3, 0.4) is 0 Å². The maximum Gasteiger partial charge on any atom is 0.264 e. The Kier molecular flexibility index (Phi) is 10.1. The van der Waals surface area contributed by atoms with E-state index in [0.717, 1.165) is 4.31 Å². The van der Waals surface area contributed by atoms with Gasteiger partial charge in [0.15, 0.2) is 0 Å². The smallest absolute Gasteiger partial charge is 0.264 e. The summed E-state index contributed by atoms with van der Waals surface area (Å²) in [4.78, 5) is 28.1. The first-order valence-electron chi connectivity index (χ1n) is 12.6. The van der Waals surface area contributed by atoms with Gasteiger partial charge in [-0.15, -0.1) is 0 Å². The van der Waals surface area contributed by atoms with Crippen LogP contribution in [0.25, 0.3) is 0 Å². The summed E-state index contributed by atoms with van der Waals surface area (Å²) in [5.74, 6) is -0.802. The average Bonchev–Trinajstić information content (AvgIpc) is 2.94. The highest BCUT2D eigenvalue weighted by atomic mass is 32.2. The lowest BCUT2D eigenvalue weighted by Crippen LogP contribution is -2.51. The van der Waals surface area contributed by atoms with Gasteiger partial charge in [-0.3, -0.25) is 13.9 Å². The van der Waals surface area contributed by atoms with Crippen molar-refractivity contribution in [1.29, 1.82) is 0 Å². The lowest BCUT2D eigenvalue weighted by atomic mass is 10.1. The number of methoxy groups -OCH3 is 1. The highest BCUT2D eigenvalue weighted by Crippen LogP contribution is 2.27. The molecule has 10 heteroatoms. The first-order valence-corrected chi connectivity index (χ1v) is 14.0. The van der Waals surface area contributed by atoms with Crippen molar-refractivity contribution >= 4 is 27.5 Å². The molecule has 208 valence electrons. The Labute approximate surface area is 229 Å². The minimum Gasteiger partial charge on any atom is -0.497 e. The van der Waals surface area contributed by atoms with E-state index in [1.165, 1.54) is 54.5 Å². The van der Waals surface area contributed by atoms with E-state index in [1.807, 2.05) is 13.8 Å². The number of sulfonamides is 1. The number of hydrogen-bond donors (Lipinski definition) is 1. The molecule has 0 fully saturated rings. The van der Waals surface area contributed by atoms with Crippen molar-refractivity contribution < 1.29 is 27.1 Å². The van der Waals surface area contributed by atoms with E-state index in [4.69, 9.17) is 4.74 Å². The minimum atomic E-state index is -4.17. The van der Waals surface area contributed by atoms with Gasteiger partial charge in [-0.25, -0.2) is 12.8 Å². The van der Waals surface area contributed by atoms with Gasteiger partial charge < -0.3 is 15.0 Å². The monoisotopic (exact) mass is 555 g/mol. The molecule has 0 radical (unpaired) electrons. The van der Waals surface area contributed by atoms with Crippen molar-refractivity contribution in [3.63, 3.8) is 0 Å². The molecular formula is C29H34FN3O5S. The predicted octanol–water partition coefficient (Wildman–Crippen LogP) is 4.22. The first kappa shape index (κ1) is 29.6. The Hall–Kier alpha value is -3.92. The molecule has 1 atom stereocenters. The van der Waals surface area contributed by atoms with Crippen LogP contribution >= 0.6 is 0 Å². The summed E-state index contributed by atoms with van der Waals surface area (Å²) in [7, 11) is -2.71. The van der Waals surface area contributed by atoms with Crippen molar-refractivity contribution in [3.05, 3.63) is 90.2 Å². The van der Waals surface area contributed by atoms with Crippen molar-refractivity contribution in [2.75, 3.05) is 24.5 Å². The molecule has 0 aliphatic carbocycles. The van der Waals surface area contributed by atoms with Gasteiger partial charge in [-0.2, -0.15) is 0 Å². The minimum absolute atomic E-state index is 0.00781. The predicted molar refractivity (Wildman–Crippen MR) is 148 cm³/mol. The van der Waals surface area contributed by atoms with Gasteiger partial charge in [-0.1, -0.05) is 50.2 Å². The molecule has 3 rings (SSSR count). The molecule has 0 spiro atoms. The van der Waals surface area contributed by atoms with Gasteiger partial charge in [-0.05, 0) is 54.8 Å². The van der Waals surface area contributed by atoms with Gasteiger partial charge in [0.2, 0.25) is 11.8 Å². The molecule has 0 heterocycles. The second kappa shape index (κ2) is 13.2. The normalized spacial score (nSPS) is 12.1. The summed E-state index contributed by atoms with van der Waals surface area (Å²) in [6, 6.07) is 18.8. The van der Waals surface area contributed by atoms with Crippen LogP contribution in [-0.2, 0) is 26.2 Å². The number of hydrogen-bond acceptors (Lipinski definition) is 5. The summed E-state index contributed by atoms with van der Waals surface area (Å²) in [5, 5.41) is 2.83. The zero-order valence-electron chi connectivity index (χ0n) is 22.5. The number of amides is 2. The molecule has 39 heavy (non-hydrogen) atoms. The summed E-state index contributed by atoms with van der Waals surface area (Å²) in [6.45, 7) is 5.30. The summed E-state index contributed by atoms with van der Waals surface area (Å²) >= 11 is 0. The zero-order chi connectivity index (χ0) is 28.6. The van der Waals surface area contributed by atoms with E-state index in [2.05, 4.69) is 5.32 Å². The van der Waals surface area contributed by atoms with Gasteiger partial charge >= 0.3 is 0 Å². The molecule has 0 saturated carbocycles. The topological polar surface area (TPSA) is 96.0 Å². The fourth-order valence-electron chi connectivity index (χ4n) is 3.84. The number of carbonyl (C=O) groups excluding carboxylic acids is 2. The molecule has 8 nitrogen and oxygen atoms in total. The number of nitrogens with one attached hydrogen (secondary N) is 1. The van der Waals surface area contributed by atoms with Crippen LogP contribution in [0.1, 0.15) is 26.3 Å². The maximum atomic E-state index is 13.8. The highest BCUT2D eigenvalue weighted by Gasteiger charge is 2.32. The van der Waals surface area contributed by atoms with Crippen molar-refractivity contribution in [2.24, 2.45) is 5.92 Å². The lowest BCUT2D eigenvalue weighted by molar-refractivity contribution is -0.139. The first-order chi connectivity index (χ1) is 18.5. The molecule has 0 unspecified atom stereocenters. The van der Waals surface area contributed by atoms with Gasteiger partial charge in [0.05, 0.1) is 17.7 Å². The number of ether oxygens (including phenoxy) is 1. The number of rotatable bonds is 12. The standard InChI is InChI=1S/C29H34FN3O5S/c1-21(2)18-31-29(35)22(3)32(19-23-13-15-24(30)16-14-23)28(34)20-33(25-9-8-10-26(17-25)38-4)39(36,37)27-11-6-5-7-12-27/h5-17,21-22H,18-20H2,1-4H3,(H,31,35)/t22-/m1/s1. The van der Waals surface area contributed by atoms with Gasteiger partial charge in [0.1, 0.15) is 24.2 Å². The Morgan fingerprint density at radius 2 is 1.62 bits per heavy atom. The third-order valence-corrected chi connectivity index (χ3v) is 7.86. The zero-order valence-corrected chi connectivity index (χ0v) is 23.3. The number of nitrogens with zero attached hydrogens (tertiary/aromatic N) is 2. The van der Waals surface area contributed by atoms with Gasteiger partial charge in [0.25, 0.3) is 10.0 Å². The van der Waals surface area contributed by atoms with E-state index in [1.54, 1.807) is 43.3 Å². The second-order valence-electron chi connectivity index (χ2n) is 9.49. The number of anilines is 1. The molecule has 0 aromatic heterocycles. The fourth-order valence-corrected chi connectivity index (χ4v) is 5.26. The number of halogens is 1. The SMILES string of the molecule is COc1cccc(N(CC(=O)N(Cc2ccc(F)cc2)[C@H](C)C(=O)NCC(C)C)S(=O)(=O)c2ccccc2)c1. The van der Waals surface area contributed by atoms with E-state index in [9.17, 15) is 22.4 Å². The molecule has 1 N–H and O–H groups in total. The van der Waals surface area contributed by atoms with E-state index in [-0.39, 0.29) is 29.0 Å². The highest BCUT2D eigenvalue weighted by molar-refractivity contribution is 7.92. The molecule has 0 aliphatic heterocycles. The van der Waals surface area contributed by atoms with Crippen molar-refractivity contribution in [1.82, 2.24) is 10.2 Å². The summed E-state index contributed by atoms with van der Waals surface area (Å²) in [5.41, 5.74) is 0.817. The van der Waals surface area contributed by atoms with Crippen LogP contribution in [-0.4, -0.2) is 51.4 Å². The molecule has 0 bridgehead atoms. The molecule has 3 aromatic carbocycles. The molecule has 2 amide bonds. The van der Waals surface area contributed by atoms with E-state index in [0.29, 0.717) is 17.9 Å². The maximum absolute atomic E-state index is 13.8. The molecular weight excluding hydrogens is 521 g/mol. The second-order valence-corrected chi connectivity index (χ2v) is 11.4. The lowest BCUT2D eigenvalue weighted by Gasteiger charge is -2.32. The third kappa shape index (κ3) is 7.79.